The Labute approximate surface area is 125 Å². The van der Waals surface area contributed by atoms with Crippen LogP contribution in [0.25, 0.3) is 10.9 Å². The highest BCUT2D eigenvalue weighted by molar-refractivity contribution is 5.93. The molecular formula is C17H23N3O. The fourth-order valence-electron chi connectivity index (χ4n) is 3.31. The highest BCUT2D eigenvalue weighted by Gasteiger charge is 2.24. The van der Waals surface area contributed by atoms with Gasteiger partial charge in [-0.1, -0.05) is 12.8 Å². The van der Waals surface area contributed by atoms with Crippen molar-refractivity contribution in [1.29, 1.82) is 0 Å². The van der Waals surface area contributed by atoms with Gasteiger partial charge >= 0.3 is 0 Å². The third-order valence-corrected chi connectivity index (χ3v) is 4.45. The van der Waals surface area contributed by atoms with Crippen molar-refractivity contribution in [3.05, 3.63) is 30.0 Å². The molecule has 0 amide bonds. The van der Waals surface area contributed by atoms with Crippen LogP contribution in [-0.2, 0) is 0 Å². The molecule has 21 heavy (non-hydrogen) atoms. The Kier molecular flexibility index (Phi) is 3.97. The van der Waals surface area contributed by atoms with Crippen molar-refractivity contribution in [2.45, 2.75) is 38.6 Å². The van der Waals surface area contributed by atoms with E-state index < -0.39 is 0 Å². The van der Waals surface area contributed by atoms with E-state index in [2.05, 4.69) is 16.4 Å². The SMILES string of the molecule is Cc1cc(NC2CCCCC2CO)c2cc(N)ccc2n1. The number of nitrogens with two attached hydrogens (primary N) is 1. The number of nitrogen functional groups attached to an aromatic ring is 1. The van der Waals surface area contributed by atoms with Crippen LogP contribution in [0.1, 0.15) is 31.4 Å². The molecule has 0 bridgehead atoms. The molecule has 2 unspecified atom stereocenters. The lowest BCUT2D eigenvalue weighted by Crippen LogP contribution is -2.34. The predicted molar refractivity (Wildman–Crippen MR) is 87.3 cm³/mol. The average molecular weight is 285 g/mol. The molecule has 1 aromatic heterocycles. The van der Waals surface area contributed by atoms with Gasteiger partial charge in [0.1, 0.15) is 0 Å². The highest BCUT2D eigenvalue weighted by atomic mass is 16.3. The summed E-state index contributed by atoms with van der Waals surface area (Å²) in [6.07, 6.45) is 4.64. The minimum absolute atomic E-state index is 0.252. The van der Waals surface area contributed by atoms with E-state index in [1.165, 1.54) is 12.8 Å². The molecular weight excluding hydrogens is 262 g/mol. The molecule has 0 aliphatic heterocycles. The molecule has 2 aromatic rings. The molecule has 1 heterocycles. The smallest absolute Gasteiger partial charge is 0.0727 e. The van der Waals surface area contributed by atoms with Gasteiger partial charge in [0.25, 0.3) is 0 Å². The molecule has 4 heteroatoms. The molecule has 1 aliphatic rings. The summed E-state index contributed by atoms with van der Waals surface area (Å²) < 4.78 is 0. The molecule has 1 saturated carbocycles. The lowest BCUT2D eigenvalue weighted by atomic mass is 9.85. The first-order valence-corrected chi connectivity index (χ1v) is 7.71. The van der Waals surface area contributed by atoms with Crippen LogP contribution < -0.4 is 11.1 Å². The summed E-state index contributed by atoms with van der Waals surface area (Å²) in [5.41, 5.74) is 9.70. The minimum atomic E-state index is 0.252. The van der Waals surface area contributed by atoms with E-state index in [0.29, 0.717) is 12.0 Å². The van der Waals surface area contributed by atoms with Crippen LogP contribution in [0.5, 0.6) is 0 Å². The second-order valence-corrected chi connectivity index (χ2v) is 6.07. The van der Waals surface area contributed by atoms with Gasteiger partial charge in [0.05, 0.1) is 5.52 Å². The Morgan fingerprint density at radius 3 is 2.90 bits per heavy atom. The normalized spacial score (nSPS) is 22.4. The van der Waals surface area contributed by atoms with Crippen LogP contribution in [0.3, 0.4) is 0 Å². The highest BCUT2D eigenvalue weighted by Crippen LogP contribution is 2.31. The zero-order chi connectivity index (χ0) is 14.8. The van der Waals surface area contributed by atoms with Gasteiger partial charge in [0.15, 0.2) is 0 Å². The molecule has 2 atom stereocenters. The lowest BCUT2D eigenvalue weighted by molar-refractivity contribution is 0.178. The first kappa shape index (κ1) is 14.1. The van der Waals surface area contributed by atoms with E-state index >= 15 is 0 Å². The first-order chi connectivity index (χ1) is 10.2. The van der Waals surface area contributed by atoms with Gasteiger partial charge < -0.3 is 16.2 Å². The van der Waals surface area contributed by atoms with Crippen molar-refractivity contribution < 1.29 is 5.11 Å². The summed E-state index contributed by atoms with van der Waals surface area (Å²) in [6.45, 7) is 2.26. The van der Waals surface area contributed by atoms with Gasteiger partial charge in [0.2, 0.25) is 0 Å². The third kappa shape index (κ3) is 2.95. The number of aliphatic hydroxyl groups excluding tert-OH is 1. The Morgan fingerprint density at radius 2 is 2.10 bits per heavy atom. The lowest BCUT2D eigenvalue weighted by Gasteiger charge is -2.32. The molecule has 0 spiro atoms. The second kappa shape index (κ2) is 5.90. The van der Waals surface area contributed by atoms with E-state index in [-0.39, 0.29) is 6.61 Å². The fourth-order valence-corrected chi connectivity index (χ4v) is 3.31. The van der Waals surface area contributed by atoms with Gasteiger partial charge in [-0.05, 0) is 44.0 Å². The van der Waals surface area contributed by atoms with Gasteiger partial charge in [-0.15, -0.1) is 0 Å². The van der Waals surface area contributed by atoms with Gasteiger partial charge in [-0.3, -0.25) is 4.98 Å². The van der Waals surface area contributed by atoms with Gasteiger partial charge in [-0.25, -0.2) is 0 Å². The monoisotopic (exact) mass is 285 g/mol. The number of benzene rings is 1. The number of nitrogens with zero attached hydrogens (tertiary/aromatic N) is 1. The summed E-state index contributed by atoms with van der Waals surface area (Å²) in [7, 11) is 0. The summed E-state index contributed by atoms with van der Waals surface area (Å²) in [5, 5.41) is 14.3. The standard InChI is InChI=1S/C17H23N3O/c1-11-8-17(14-9-13(18)6-7-16(14)19-11)20-15-5-3-2-4-12(15)10-21/h6-9,12,15,21H,2-5,10,18H2,1H3,(H,19,20). The van der Waals surface area contributed by atoms with Gasteiger partial charge in [0, 0.05) is 41.0 Å². The third-order valence-electron chi connectivity index (χ3n) is 4.45. The summed E-state index contributed by atoms with van der Waals surface area (Å²) in [6, 6.07) is 8.23. The van der Waals surface area contributed by atoms with Crippen LogP contribution in [-0.4, -0.2) is 22.7 Å². The van der Waals surface area contributed by atoms with Crippen molar-refractivity contribution >= 4 is 22.3 Å². The van der Waals surface area contributed by atoms with Gasteiger partial charge in [-0.2, -0.15) is 0 Å². The minimum Gasteiger partial charge on any atom is -0.399 e. The molecule has 1 fully saturated rings. The van der Waals surface area contributed by atoms with Crippen LogP contribution in [0, 0.1) is 12.8 Å². The van der Waals surface area contributed by atoms with Crippen molar-refractivity contribution in [2.24, 2.45) is 5.92 Å². The molecule has 1 aliphatic carbocycles. The first-order valence-electron chi connectivity index (χ1n) is 7.71. The van der Waals surface area contributed by atoms with E-state index in [1.807, 2.05) is 25.1 Å². The van der Waals surface area contributed by atoms with Crippen LogP contribution in [0.15, 0.2) is 24.3 Å². The molecule has 1 aromatic carbocycles. The van der Waals surface area contributed by atoms with Crippen LogP contribution in [0.4, 0.5) is 11.4 Å². The largest absolute Gasteiger partial charge is 0.399 e. The number of hydrogen-bond acceptors (Lipinski definition) is 4. The Morgan fingerprint density at radius 1 is 1.29 bits per heavy atom. The predicted octanol–water partition coefficient (Wildman–Crippen LogP) is 3.09. The van der Waals surface area contributed by atoms with E-state index in [1.54, 1.807) is 0 Å². The second-order valence-electron chi connectivity index (χ2n) is 6.07. The molecule has 0 saturated heterocycles. The van der Waals surface area contributed by atoms with E-state index in [4.69, 9.17) is 5.73 Å². The van der Waals surface area contributed by atoms with E-state index in [9.17, 15) is 5.11 Å². The van der Waals surface area contributed by atoms with Crippen molar-refractivity contribution in [2.75, 3.05) is 17.7 Å². The summed E-state index contributed by atoms with van der Waals surface area (Å²) >= 11 is 0. The van der Waals surface area contributed by atoms with Crippen LogP contribution >= 0.6 is 0 Å². The number of pyridine rings is 1. The maximum absolute atomic E-state index is 9.58. The number of fused-ring (bicyclic) bond motifs is 1. The number of aromatic nitrogens is 1. The average Bonchev–Trinajstić information content (AvgIpc) is 2.48. The Bertz CT molecular complexity index is 641. The number of aryl methyl sites for hydroxylation is 1. The maximum atomic E-state index is 9.58. The Balaban J connectivity index is 1.97. The van der Waals surface area contributed by atoms with E-state index in [0.717, 1.165) is 40.8 Å². The fraction of sp³-hybridized carbons (Fsp3) is 0.471. The molecule has 0 radical (unpaired) electrons. The number of rotatable bonds is 3. The number of aliphatic hydroxyl groups is 1. The van der Waals surface area contributed by atoms with Crippen molar-refractivity contribution in [3.63, 3.8) is 0 Å². The van der Waals surface area contributed by atoms with Crippen molar-refractivity contribution in [1.82, 2.24) is 4.98 Å². The van der Waals surface area contributed by atoms with Crippen molar-refractivity contribution in [3.8, 4) is 0 Å². The zero-order valence-electron chi connectivity index (χ0n) is 12.5. The molecule has 4 nitrogen and oxygen atoms in total. The Hall–Kier alpha value is -1.81. The van der Waals surface area contributed by atoms with Crippen LogP contribution in [0.2, 0.25) is 0 Å². The summed E-state index contributed by atoms with van der Waals surface area (Å²) in [5.74, 6) is 0.336. The summed E-state index contributed by atoms with van der Waals surface area (Å²) in [4.78, 5) is 4.56. The number of nitrogens with one attached hydrogen (secondary N) is 1. The molecule has 112 valence electrons. The topological polar surface area (TPSA) is 71.2 Å². The zero-order valence-corrected chi connectivity index (χ0v) is 12.5. The number of hydrogen-bond donors (Lipinski definition) is 3. The molecule has 4 N–H and O–H groups in total. The quantitative estimate of drug-likeness (QED) is 0.758. The molecule has 3 rings (SSSR count). The number of anilines is 2. The maximum Gasteiger partial charge on any atom is 0.0727 e.